The molecule has 0 spiro atoms. The number of esters is 1. The molecule has 0 saturated heterocycles. The van der Waals surface area contributed by atoms with Crippen LogP contribution in [0.25, 0.3) is 0 Å². The average Bonchev–Trinajstić information content (AvgIpc) is 2.61. The standard InChI is InChI=1S/C10H13F3N2O2/c1-4-17-9(16)7-5-14-15(6(2)3)8(7)10(11,12)13/h5-6H,4H2,1-3H3. The van der Waals surface area contributed by atoms with Gasteiger partial charge in [0.05, 0.1) is 12.8 Å². The highest BCUT2D eigenvalue weighted by Gasteiger charge is 2.41. The van der Waals surface area contributed by atoms with Crippen LogP contribution in [0.15, 0.2) is 6.20 Å². The van der Waals surface area contributed by atoms with Crippen molar-refractivity contribution in [2.75, 3.05) is 6.61 Å². The van der Waals surface area contributed by atoms with Gasteiger partial charge >= 0.3 is 12.1 Å². The minimum atomic E-state index is -4.64. The van der Waals surface area contributed by atoms with Crippen LogP contribution >= 0.6 is 0 Å². The lowest BCUT2D eigenvalue weighted by Gasteiger charge is -2.14. The van der Waals surface area contributed by atoms with E-state index in [1.165, 1.54) is 6.92 Å². The van der Waals surface area contributed by atoms with Gasteiger partial charge in [0, 0.05) is 6.04 Å². The molecular weight excluding hydrogens is 237 g/mol. The fourth-order valence-corrected chi connectivity index (χ4v) is 1.39. The molecule has 1 heterocycles. The number of alkyl halides is 3. The van der Waals surface area contributed by atoms with Gasteiger partial charge in [-0.05, 0) is 20.8 Å². The molecule has 1 aromatic heterocycles. The maximum atomic E-state index is 12.8. The Bertz CT molecular complexity index is 410. The monoisotopic (exact) mass is 250 g/mol. The number of aromatic nitrogens is 2. The highest BCUT2D eigenvalue weighted by molar-refractivity contribution is 5.90. The highest BCUT2D eigenvalue weighted by atomic mass is 19.4. The normalized spacial score (nSPS) is 11.9. The van der Waals surface area contributed by atoms with Crippen molar-refractivity contribution in [1.82, 2.24) is 9.78 Å². The number of ether oxygens (including phenoxy) is 1. The molecule has 0 aliphatic heterocycles. The Hall–Kier alpha value is -1.53. The average molecular weight is 250 g/mol. The topological polar surface area (TPSA) is 44.1 Å². The Labute approximate surface area is 96.4 Å². The van der Waals surface area contributed by atoms with E-state index in [2.05, 4.69) is 9.84 Å². The van der Waals surface area contributed by atoms with Gasteiger partial charge in [0.1, 0.15) is 5.56 Å². The largest absolute Gasteiger partial charge is 0.462 e. The molecule has 0 saturated carbocycles. The molecule has 0 N–H and O–H groups in total. The predicted octanol–water partition coefficient (Wildman–Crippen LogP) is 2.66. The minimum Gasteiger partial charge on any atom is -0.462 e. The van der Waals surface area contributed by atoms with Crippen molar-refractivity contribution in [1.29, 1.82) is 0 Å². The fourth-order valence-electron chi connectivity index (χ4n) is 1.39. The van der Waals surface area contributed by atoms with Crippen LogP contribution in [0, 0.1) is 0 Å². The van der Waals surface area contributed by atoms with Crippen molar-refractivity contribution in [3.8, 4) is 0 Å². The summed E-state index contributed by atoms with van der Waals surface area (Å²) in [6.45, 7) is 4.65. The molecule has 0 radical (unpaired) electrons. The first-order valence-corrected chi connectivity index (χ1v) is 5.10. The van der Waals surface area contributed by atoms with Gasteiger partial charge in [-0.2, -0.15) is 18.3 Å². The van der Waals surface area contributed by atoms with Crippen molar-refractivity contribution in [3.63, 3.8) is 0 Å². The molecule has 96 valence electrons. The van der Waals surface area contributed by atoms with E-state index in [4.69, 9.17) is 0 Å². The van der Waals surface area contributed by atoms with Gasteiger partial charge in [-0.3, -0.25) is 4.68 Å². The van der Waals surface area contributed by atoms with Crippen molar-refractivity contribution >= 4 is 5.97 Å². The third-order valence-electron chi connectivity index (χ3n) is 2.05. The van der Waals surface area contributed by atoms with E-state index < -0.39 is 29.4 Å². The van der Waals surface area contributed by atoms with Gasteiger partial charge in [0.25, 0.3) is 0 Å². The molecule has 1 rings (SSSR count). The molecule has 0 amide bonds. The van der Waals surface area contributed by atoms with Gasteiger partial charge in [0.2, 0.25) is 0 Å². The summed E-state index contributed by atoms with van der Waals surface area (Å²) in [5.41, 5.74) is -1.61. The van der Waals surface area contributed by atoms with Crippen LogP contribution in [0.1, 0.15) is 42.9 Å². The van der Waals surface area contributed by atoms with Crippen molar-refractivity contribution in [3.05, 3.63) is 17.5 Å². The van der Waals surface area contributed by atoms with Gasteiger partial charge in [-0.25, -0.2) is 4.79 Å². The summed E-state index contributed by atoms with van der Waals surface area (Å²) in [7, 11) is 0. The summed E-state index contributed by atoms with van der Waals surface area (Å²) in [6, 6.07) is -0.491. The quantitative estimate of drug-likeness (QED) is 0.774. The second-order valence-electron chi connectivity index (χ2n) is 3.66. The van der Waals surface area contributed by atoms with Crippen LogP contribution in [0.3, 0.4) is 0 Å². The SMILES string of the molecule is CCOC(=O)c1cnn(C(C)C)c1C(F)(F)F. The number of carbonyl (C=O) groups is 1. The molecule has 1 aromatic rings. The first-order valence-electron chi connectivity index (χ1n) is 5.10. The second-order valence-corrected chi connectivity index (χ2v) is 3.66. The van der Waals surface area contributed by atoms with Crippen LogP contribution in [0.5, 0.6) is 0 Å². The summed E-state index contributed by atoms with van der Waals surface area (Å²) in [5.74, 6) is -1.01. The first kappa shape index (κ1) is 13.5. The van der Waals surface area contributed by atoms with Crippen LogP contribution in [0.2, 0.25) is 0 Å². The number of nitrogens with zero attached hydrogens (tertiary/aromatic N) is 2. The molecule has 0 aliphatic carbocycles. The number of hydrogen-bond acceptors (Lipinski definition) is 3. The van der Waals surface area contributed by atoms with Gasteiger partial charge in [-0.15, -0.1) is 0 Å². The zero-order valence-electron chi connectivity index (χ0n) is 9.71. The molecule has 0 aliphatic rings. The lowest BCUT2D eigenvalue weighted by molar-refractivity contribution is -0.145. The number of rotatable bonds is 3. The Morgan fingerprint density at radius 3 is 2.53 bits per heavy atom. The molecule has 0 aromatic carbocycles. The van der Waals surface area contributed by atoms with Crippen molar-refractivity contribution in [2.24, 2.45) is 0 Å². The second kappa shape index (κ2) is 4.77. The Morgan fingerprint density at radius 1 is 1.53 bits per heavy atom. The highest BCUT2D eigenvalue weighted by Crippen LogP contribution is 2.33. The summed E-state index contributed by atoms with van der Waals surface area (Å²) in [5, 5.41) is 3.58. The molecule has 17 heavy (non-hydrogen) atoms. The molecule has 0 bridgehead atoms. The smallest absolute Gasteiger partial charge is 0.433 e. The molecule has 0 fully saturated rings. The van der Waals surface area contributed by atoms with E-state index in [9.17, 15) is 18.0 Å². The molecule has 7 heteroatoms. The lowest BCUT2D eigenvalue weighted by atomic mass is 10.2. The first-order chi connectivity index (χ1) is 7.79. The Morgan fingerprint density at radius 2 is 2.12 bits per heavy atom. The Kier molecular flexibility index (Phi) is 3.79. The molecule has 0 unspecified atom stereocenters. The summed E-state index contributed by atoms with van der Waals surface area (Å²) in [6.07, 6.45) is -3.75. The lowest BCUT2D eigenvalue weighted by Crippen LogP contribution is -2.20. The van der Waals surface area contributed by atoms with Gasteiger partial charge in [0.15, 0.2) is 5.69 Å². The van der Waals surface area contributed by atoms with E-state index in [1.54, 1.807) is 13.8 Å². The minimum absolute atomic E-state index is 0.0169. The molecule has 4 nitrogen and oxygen atoms in total. The van der Waals surface area contributed by atoms with E-state index >= 15 is 0 Å². The summed E-state index contributed by atoms with van der Waals surface area (Å²) in [4.78, 5) is 11.4. The third-order valence-corrected chi connectivity index (χ3v) is 2.05. The van der Waals surface area contributed by atoms with Crippen LogP contribution in [0.4, 0.5) is 13.2 Å². The van der Waals surface area contributed by atoms with Crippen LogP contribution in [-0.4, -0.2) is 22.4 Å². The number of hydrogen-bond donors (Lipinski definition) is 0. The van der Waals surface area contributed by atoms with E-state index in [0.29, 0.717) is 0 Å². The van der Waals surface area contributed by atoms with Crippen LogP contribution < -0.4 is 0 Å². The van der Waals surface area contributed by atoms with E-state index in [-0.39, 0.29) is 6.61 Å². The summed E-state index contributed by atoms with van der Waals surface area (Å²) < 4.78 is 43.8. The number of carbonyl (C=O) groups excluding carboxylic acids is 1. The third kappa shape index (κ3) is 2.78. The van der Waals surface area contributed by atoms with Gasteiger partial charge < -0.3 is 4.74 Å². The molecule has 0 atom stereocenters. The van der Waals surface area contributed by atoms with E-state index in [0.717, 1.165) is 10.9 Å². The zero-order chi connectivity index (χ0) is 13.2. The van der Waals surface area contributed by atoms with E-state index in [1.807, 2.05) is 0 Å². The molecular formula is C10H13F3N2O2. The maximum Gasteiger partial charge on any atom is 0.433 e. The van der Waals surface area contributed by atoms with Crippen LogP contribution in [-0.2, 0) is 10.9 Å². The predicted molar refractivity (Wildman–Crippen MR) is 53.6 cm³/mol. The summed E-state index contributed by atoms with van der Waals surface area (Å²) >= 11 is 0. The van der Waals surface area contributed by atoms with Gasteiger partial charge in [-0.1, -0.05) is 0 Å². The zero-order valence-corrected chi connectivity index (χ0v) is 9.71. The fraction of sp³-hybridized carbons (Fsp3) is 0.600. The Balaban J connectivity index is 3.28. The van der Waals surface area contributed by atoms with Crippen molar-refractivity contribution in [2.45, 2.75) is 33.0 Å². The number of halogens is 3. The van der Waals surface area contributed by atoms with Crippen molar-refractivity contribution < 1.29 is 22.7 Å². The maximum absolute atomic E-state index is 12.8.